The molecule has 3 rings (SSSR count). The Morgan fingerprint density at radius 3 is 2.52 bits per heavy atom. The van der Waals surface area contributed by atoms with Crippen LogP contribution in [0.5, 0.6) is 0 Å². The van der Waals surface area contributed by atoms with Crippen molar-refractivity contribution in [2.24, 2.45) is 0 Å². The summed E-state index contributed by atoms with van der Waals surface area (Å²) in [5.74, 6) is 0.0819. The Hall–Kier alpha value is -2.19. The summed E-state index contributed by atoms with van der Waals surface area (Å²) in [6, 6.07) is 7.78. The van der Waals surface area contributed by atoms with Gasteiger partial charge in [0.2, 0.25) is 0 Å². The molecule has 132 valence electrons. The van der Waals surface area contributed by atoms with Crippen LogP contribution in [0.15, 0.2) is 29.1 Å². The van der Waals surface area contributed by atoms with Gasteiger partial charge in [0.25, 0.3) is 5.56 Å². The van der Waals surface area contributed by atoms with Crippen molar-refractivity contribution < 1.29 is 17.9 Å². The Kier molecular flexibility index (Phi) is 4.66. The molecule has 8 heteroatoms. The van der Waals surface area contributed by atoms with E-state index in [9.17, 15) is 18.0 Å². The SMILES string of the molecule is Cc1ccc(-c2c(C)sc3nc(COCC(F)(F)F)[nH]c(=O)c23)cc1. The minimum atomic E-state index is -4.41. The van der Waals surface area contributed by atoms with E-state index in [0.717, 1.165) is 21.6 Å². The Labute approximate surface area is 145 Å². The lowest BCUT2D eigenvalue weighted by Crippen LogP contribution is -2.18. The van der Waals surface area contributed by atoms with Crippen LogP contribution in [0.1, 0.15) is 16.3 Å². The summed E-state index contributed by atoms with van der Waals surface area (Å²) in [5.41, 5.74) is 2.44. The number of fused-ring (bicyclic) bond motifs is 1. The predicted molar refractivity (Wildman–Crippen MR) is 90.9 cm³/mol. The number of hydrogen-bond donors (Lipinski definition) is 1. The summed E-state index contributed by atoms with van der Waals surface area (Å²) < 4.78 is 41.0. The summed E-state index contributed by atoms with van der Waals surface area (Å²) in [6.45, 7) is 2.08. The summed E-state index contributed by atoms with van der Waals surface area (Å²) in [5, 5.41) is 0.450. The molecule has 0 radical (unpaired) electrons. The van der Waals surface area contributed by atoms with Gasteiger partial charge >= 0.3 is 6.18 Å². The average molecular weight is 368 g/mol. The molecule has 2 aromatic heterocycles. The molecular formula is C17H15F3N2O2S. The van der Waals surface area contributed by atoms with E-state index in [0.29, 0.717) is 10.2 Å². The number of H-pyrrole nitrogens is 1. The summed E-state index contributed by atoms with van der Waals surface area (Å²) in [6.07, 6.45) is -4.41. The Balaban J connectivity index is 1.98. The number of aromatic nitrogens is 2. The van der Waals surface area contributed by atoms with Gasteiger partial charge in [-0.05, 0) is 19.4 Å². The Bertz CT molecular complexity index is 959. The Morgan fingerprint density at radius 2 is 1.88 bits per heavy atom. The number of nitrogens with one attached hydrogen (secondary N) is 1. The number of ether oxygens (including phenoxy) is 1. The molecule has 0 bridgehead atoms. The van der Waals surface area contributed by atoms with Crippen molar-refractivity contribution in [2.45, 2.75) is 26.6 Å². The molecule has 3 aromatic rings. The van der Waals surface area contributed by atoms with E-state index < -0.39 is 19.4 Å². The zero-order valence-corrected chi connectivity index (χ0v) is 14.3. The molecule has 0 aliphatic heterocycles. The van der Waals surface area contributed by atoms with Crippen LogP contribution in [0.2, 0.25) is 0 Å². The van der Waals surface area contributed by atoms with Gasteiger partial charge < -0.3 is 9.72 Å². The van der Waals surface area contributed by atoms with Crippen LogP contribution in [0, 0.1) is 13.8 Å². The van der Waals surface area contributed by atoms with E-state index in [1.165, 1.54) is 11.3 Å². The number of aryl methyl sites for hydroxylation is 2. The maximum absolute atomic E-state index is 12.5. The molecule has 0 aliphatic rings. The van der Waals surface area contributed by atoms with Crippen molar-refractivity contribution in [2.75, 3.05) is 6.61 Å². The molecule has 0 atom stereocenters. The number of rotatable bonds is 4. The summed E-state index contributed by atoms with van der Waals surface area (Å²) >= 11 is 1.34. The van der Waals surface area contributed by atoms with Crippen molar-refractivity contribution >= 4 is 21.6 Å². The molecule has 2 heterocycles. The average Bonchev–Trinajstić information content (AvgIpc) is 2.83. The van der Waals surface area contributed by atoms with E-state index >= 15 is 0 Å². The largest absolute Gasteiger partial charge is 0.411 e. The number of aromatic amines is 1. The third-order valence-corrected chi connectivity index (χ3v) is 4.63. The van der Waals surface area contributed by atoms with E-state index in [4.69, 9.17) is 0 Å². The third kappa shape index (κ3) is 3.91. The number of thiophene rings is 1. The van der Waals surface area contributed by atoms with E-state index in [1.807, 2.05) is 38.1 Å². The van der Waals surface area contributed by atoms with Gasteiger partial charge in [-0.2, -0.15) is 13.2 Å². The standard InChI is InChI=1S/C17H15F3N2O2S/c1-9-3-5-11(6-4-9)13-10(2)25-16-14(13)15(23)21-12(22-16)7-24-8-17(18,19)20/h3-6H,7-8H2,1-2H3,(H,21,22,23). The van der Waals surface area contributed by atoms with Crippen LogP contribution >= 0.6 is 11.3 Å². The van der Waals surface area contributed by atoms with Crippen molar-refractivity contribution in [3.8, 4) is 11.1 Å². The van der Waals surface area contributed by atoms with Gasteiger partial charge in [-0.1, -0.05) is 29.8 Å². The minimum absolute atomic E-state index is 0.0819. The van der Waals surface area contributed by atoms with Crippen LogP contribution < -0.4 is 5.56 Å². The molecule has 25 heavy (non-hydrogen) atoms. The lowest BCUT2D eigenvalue weighted by molar-refractivity contribution is -0.177. The fraction of sp³-hybridized carbons (Fsp3) is 0.294. The number of alkyl halides is 3. The lowest BCUT2D eigenvalue weighted by Gasteiger charge is -2.07. The molecule has 0 saturated carbocycles. The fourth-order valence-electron chi connectivity index (χ4n) is 2.56. The third-order valence-electron chi connectivity index (χ3n) is 3.63. The molecule has 0 amide bonds. The fourth-order valence-corrected chi connectivity index (χ4v) is 3.63. The molecule has 4 nitrogen and oxygen atoms in total. The van der Waals surface area contributed by atoms with Crippen molar-refractivity contribution in [1.82, 2.24) is 9.97 Å². The summed E-state index contributed by atoms with van der Waals surface area (Å²) in [4.78, 5) is 20.6. The highest BCUT2D eigenvalue weighted by molar-refractivity contribution is 7.19. The first-order valence-electron chi connectivity index (χ1n) is 7.48. The molecule has 1 aromatic carbocycles. The molecule has 0 spiro atoms. The number of nitrogens with zero attached hydrogens (tertiary/aromatic N) is 1. The quantitative estimate of drug-likeness (QED) is 0.745. The van der Waals surface area contributed by atoms with Gasteiger partial charge in [-0.15, -0.1) is 11.3 Å². The molecule has 1 N–H and O–H groups in total. The maximum atomic E-state index is 12.5. The van der Waals surface area contributed by atoms with Crippen LogP contribution in [0.3, 0.4) is 0 Å². The van der Waals surface area contributed by atoms with Gasteiger partial charge in [0.1, 0.15) is 23.9 Å². The highest BCUT2D eigenvalue weighted by Crippen LogP contribution is 2.35. The smallest absolute Gasteiger partial charge is 0.364 e. The van der Waals surface area contributed by atoms with Crippen LogP contribution in [-0.2, 0) is 11.3 Å². The lowest BCUT2D eigenvalue weighted by atomic mass is 10.0. The second kappa shape index (κ2) is 6.61. The monoisotopic (exact) mass is 368 g/mol. The van der Waals surface area contributed by atoms with E-state index in [1.54, 1.807) is 0 Å². The molecule has 0 aliphatic carbocycles. The van der Waals surface area contributed by atoms with Crippen LogP contribution in [-0.4, -0.2) is 22.8 Å². The minimum Gasteiger partial charge on any atom is -0.364 e. The molecule has 0 saturated heterocycles. The van der Waals surface area contributed by atoms with Gasteiger partial charge in [-0.3, -0.25) is 4.79 Å². The second-order valence-corrected chi connectivity index (χ2v) is 6.90. The first-order valence-corrected chi connectivity index (χ1v) is 8.30. The highest BCUT2D eigenvalue weighted by atomic mass is 32.1. The second-order valence-electron chi connectivity index (χ2n) is 5.70. The van der Waals surface area contributed by atoms with E-state index in [-0.39, 0.29) is 11.4 Å². The zero-order valence-electron chi connectivity index (χ0n) is 13.5. The number of benzene rings is 1. The molecular weight excluding hydrogens is 353 g/mol. The zero-order chi connectivity index (χ0) is 18.2. The Morgan fingerprint density at radius 1 is 1.20 bits per heavy atom. The number of halogens is 3. The predicted octanol–water partition coefficient (Wildman–Crippen LogP) is 4.35. The number of hydrogen-bond acceptors (Lipinski definition) is 4. The van der Waals surface area contributed by atoms with Gasteiger partial charge in [0.05, 0.1) is 5.39 Å². The highest BCUT2D eigenvalue weighted by Gasteiger charge is 2.27. The van der Waals surface area contributed by atoms with Crippen LogP contribution in [0.4, 0.5) is 13.2 Å². The van der Waals surface area contributed by atoms with E-state index in [2.05, 4.69) is 14.7 Å². The molecule has 0 unspecified atom stereocenters. The first kappa shape index (κ1) is 17.6. The van der Waals surface area contributed by atoms with Gasteiger partial charge in [0, 0.05) is 10.4 Å². The first-order chi connectivity index (χ1) is 11.7. The normalized spacial score (nSPS) is 12.0. The van der Waals surface area contributed by atoms with Crippen molar-refractivity contribution in [3.05, 3.63) is 50.9 Å². The van der Waals surface area contributed by atoms with Crippen LogP contribution in [0.25, 0.3) is 21.3 Å². The summed E-state index contributed by atoms with van der Waals surface area (Å²) in [7, 11) is 0. The van der Waals surface area contributed by atoms with Crippen molar-refractivity contribution in [3.63, 3.8) is 0 Å². The maximum Gasteiger partial charge on any atom is 0.411 e. The molecule has 0 fully saturated rings. The topological polar surface area (TPSA) is 55.0 Å². The van der Waals surface area contributed by atoms with Crippen molar-refractivity contribution in [1.29, 1.82) is 0 Å². The van der Waals surface area contributed by atoms with Gasteiger partial charge in [-0.25, -0.2) is 4.98 Å². The van der Waals surface area contributed by atoms with Gasteiger partial charge in [0.15, 0.2) is 0 Å².